The Kier molecular flexibility index (Phi) is 4.10. The SMILES string of the molecule is CC(CS(C)(=O)=O)NC(=O)CNC1CC1. The number of hydrogen-bond acceptors (Lipinski definition) is 4. The van der Waals surface area contributed by atoms with Crippen molar-refractivity contribution in [2.45, 2.75) is 31.8 Å². The number of sulfone groups is 1. The second kappa shape index (κ2) is 4.94. The molecule has 0 spiro atoms. The van der Waals surface area contributed by atoms with E-state index in [1.165, 1.54) is 0 Å². The number of hydrogen-bond donors (Lipinski definition) is 2. The molecule has 6 heteroatoms. The summed E-state index contributed by atoms with van der Waals surface area (Å²) in [7, 11) is -3.02. The molecular formula is C9H18N2O3S. The van der Waals surface area contributed by atoms with E-state index in [-0.39, 0.29) is 24.2 Å². The van der Waals surface area contributed by atoms with Crippen LogP contribution in [-0.2, 0) is 14.6 Å². The standard InChI is InChI=1S/C9H18N2O3S/c1-7(6-15(2,13)14)11-9(12)5-10-8-3-4-8/h7-8,10H,3-6H2,1-2H3,(H,11,12). The molecule has 15 heavy (non-hydrogen) atoms. The molecule has 0 aromatic carbocycles. The zero-order valence-electron chi connectivity index (χ0n) is 9.12. The minimum Gasteiger partial charge on any atom is -0.352 e. The van der Waals surface area contributed by atoms with Gasteiger partial charge in [-0.15, -0.1) is 0 Å². The molecule has 1 unspecified atom stereocenters. The van der Waals surface area contributed by atoms with Gasteiger partial charge in [-0.05, 0) is 19.8 Å². The molecule has 5 nitrogen and oxygen atoms in total. The zero-order valence-corrected chi connectivity index (χ0v) is 9.93. The van der Waals surface area contributed by atoms with Crippen LogP contribution in [0, 0.1) is 0 Å². The maximum Gasteiger partial charge on any atom is 0.234 e. The van der Waals surface area contributed by atoms with Crippen LogP contribution in [0.15, 0.2) is 0 Å². The molecule has 0 aromatic heterocycles. The van der Waals surface area contributed by atoms with Gasteiger partial charge in [0, 0.05) is 18.3 Å². The first-order valence-electron chi connectivity index (χ1n) is 5.07. The van der Waals surface area contributed by atoms with E-state index in [9.17, 15) is 13.2 Å². The summed E-state index contributed by atoms with van der Waals surface area (Å²) in [5.74, 6) is -0.152. The molecule has 1 aliphatic carbocycles. The minimum atomic E-state index is -3.02. The molecule has 2 N–H and O–H groups in total. The van der Waals surface area contributed by atoms with Crippen LogP contribution in [0.25, 0.3) is 0 Å². The van der Waals surface area contributed by atoms with Gasteiger partial charge in [0.2, 0.25) is 5.91 Å². The Bertz CT molecular complexity index is 322. The average molecular weight is 234 g/mol. The number of nitrogens with one attached hydrogen (secondary N) is 2. The first kappa shape index (κ1) is 12.4. The lowest BCUT2D eigenvalue weighted by Crippen LogP contribution is -2.42. The van der Waals surface area contributed by atoms with Gasteiger partial charge >= 0.3 is 0 Å². The third kappa shape index (κ3) is 6.46. The van der Waals surface area contributed by atoms with Gasteiger partial charge in [0.25, 0.3) is 0 Å². The van der Waals surface area contributed by atoms with Crippen molar-refractivity contribution in [2.75, 3.05) is 18.6 Å². The highest BCUT2D eigenvalue weighted by molar-refractivity contribution is 7.90. The molecular weight excluding hydrogens is 216 g/mol. The maximum absolute atomic E-state index is 11.3. The third-order valence-electron chi connectivity index (χ3n) is 2.09. The lowest BCUT2D eigenvalue weighted by atomic mass is 10.4. The van der Waals surface area contributed by atoms with Crippen LogP contribution in [0.4, 0.5) is 0 Å². The lowest BCUT2D eigenvalue weighted by Gasteiger charge is -2.12. The summed E-state index contributed by atoms with van der Waals surface area (Å²) in [5.41, 5.74) is 0. The van der Waals surface area contributed by atoms with Gasteiger partial charge < -0.3 is 10.6 Å². The highest BCUT2D eigenvalue weighted by Crippen LogP contribution is 2.17. The minimum absolute atomic E-state index is 0.0117. The smallest absolute Gasteiger partial charge is 0.234 e. The Morgan fingerprint density at radius 2 is 2.07 bits per heavy atom. The number of carbonyl (C=O) groups is 1. The van der Waals surface area contributed by atoms with Crippen LogP contribution >= 0.6 is 0 Å². The fourth-order valence-corrected chi connectivity index (χ4v) is 2.34. The van der Waals surface area contributed by atoms with Crippen molar-refractivity contribution in [1.82, 2.24) is 10.6 Å². The van der Waals surface area contributed by atoms with E-state index in [0.29, 0.717) is 6.04 Å². The van der Waals surface area contributed by atoms with Crippen LogP contribution in [0.3, 0.4) is 0 Å². The van der Waals surface area contributed by atoms with Crippen molar-refractivity contribution in [1.29, 1.82) is 0 Å². The molecule has 1 amide bonds. The summed E-state index contributed by atoms with van der Waals surface area (Å²) in [6.45, 7) is 1.97. The van der Waals surface area contributed by atoms with E-state index in [1.54, 1.807) is 6.92 Å². The van der Waals surface area contributed by atoms with Gasteiger partial charge in [-0.25, -0.2) is 8.42 Å². The van der Waals surface area contributed by atoms with E-state index in [0.717, 1.165) is 19.1 Å². The van der Waals surface area contributed by atoms with Crippen LogP contribution < -0.4 is 10.6 Å². The van der Waals surface area contributed by atoms with Gasteiger partial charge in [0.05, 0.1) is 12.3 Å². The molecule has 0 radical (unpaired) electrons. The summed E-state index contributed by atoms with van der Waals surface area (Å²) < 4.78 is 21.9. The summed E-state index contributed by atoms with van der Waals surface area (Å²) in [4.78, 5) is 11.3. The molecule has 0 aromatic rings. The molecule has 0 saturated heterocycles. The van der Waals surface area contributed by atoms with Crippen molar-refractivity contribution in [2.24, 2.45) is 0 Å². The predicted molar refractivity (Wildman–Crippen MR) is 58.3 cm³/mol. The Hall–Kier alpha value is -0.620. The number of carbonyl (C=O) groups excluding carboxylic acids is 1. The average Bonchev–Trinajstić information content (AvgIpc) is 2.79. The highest BCUT2D eigenvalue weighted by Gasteiger charge is 2.21. The summed E-state index contributed by atoms with van der Waals surface area (Å²) >= 11 is 0. The predicted octanol–water partition coefficient (Wildman–Crippen LogP) is -0.712. The summed E-state index contributed by atoms with van der Waals surface area (Å²) in [6.07, 6.45) is 3.43. The van der Waals surface area contributed by atoms with Crippen LogP contribution in [-0.4, -0.2) is 45.0 Å². The second-order valence-electron chi connectivity index (χ2n) is 4.22. The summed E-state index contributed by atoms with van der Waals surface area (Å²) in [6, 6.07) is 0.162. The number of rotatable bonds is 6. The second-order valence-corrected chi connectivity index (χ2v) is 6.40. The third-order valence-corrected chi connectivity index (χ3v) is 3.19. The van der Waals surface area contributed by atoms with Crippen LogP contribution in [0.1, 0.15) is 19.8 Å². The largest absolute Gasteiger partial charge is 0.352 e. The molecule has 0 bridgehead atoms. The lowest BCUT2D eigenvalue weighted by molar-refractivity contribution is -0.120. The molecule has 0 heterocycles. The highest BCUT2D eigenvalue weighted by atomic mass is 32.2. The molecule has 0 aliphatic heterocycles. The van der Waals surface area contributed by atoms with Crippen molar-refractivity contribution in [3.63, 3.8) is 0 Å². The first-order chi connectivity index (χ1) is 6.87. The van der Waals surface area contributed by atoms with E-state index in [1.807, 2.05) is 0 Å². The van der Waals surface area contributed by atoms with Crippen molar-refractivity contribution in [3.8, 4) is 0 Å². The van der Waals surface area contributed by atoms with Gasteiger partial charge in [0.15, 0.2) is 0 Å². The van der Waals surface area contributed by atoms with Crippen LogP contribution in [0.5, 0.6) is 0 Å². The Labute approximate surface area is 90.5 Å². The van der Waals surface area contributed by atoms with E-state index in [4.69, 9.17) is 0 Å². The number of amides is 1. The first-order valence-corrected chi connectivity index (χ1v) is 7.13. The Balaban J connectivity index is 2.17. The van der Waals surface area contributed by atoms with Gasteiger partial charge in [-0.3, -0.25) is 4.79 Å². The molecule has 1 rings (SSSR count). The van der Waals surface area contributed by atoms with E-state index < -0.39 is 9.84 Å². The summed E-state index contributed by atoms with van der Waals surface area (Å²) in [5, 5.41) is 5.70. The normalized spacial score (nSPS) is 18.5. The monoisotopic (exact) mass is 234 g/mol. The van der Waals surface area contributed by atoms with Gasteiger partial charge in [-0.1, -0.05) is 0 Å². The molecule has 1 fully saturated rings. The van der Waals surface area contributed by atoms with Gasteiger partial charge in [0.1, 0.15) is 9.84 Å². The van der Waals surface area contributed by atoms with Crippen molar-refractivity contribution >= 4 is 15.7 Å². The molecule has 88 valence electrons. The Morgan fingerprint density at radius 1 is 1.47 bits per heavy atom. The topological polar surface area (TPSA) is 75.3 Å². The molecule has 1 atom stereocenters. The zero-order chi connectivity index (χ0) is 11.5. The maximum atomic E-state index is 11.3. The van der Waals surface area contributed by atoms with Gasteiger partial charge in [-0.2, -0.15) is 0 Å². The molecule has 1 saturated carbocycles. The fraction of sp³-hybridized carbons (Fsp3) is 0.889. The van der Waals surface area contributed by atoms with Crippen LogP contribution in [0.2, 0.25) is 0 Å². The quantitative estimate of drug-likeness (QED) is 0.636. The van der Waals surface area contributed by atoms with E-state index in [2.05, 4.69) is 10.6 Å². The fourth-order valence-electron chi connectivity index (χ4n) is 1.35. The van der Waals surface area contributed by atoms with E-state index >= 15 is 0 Å². The Morgan fingerprint density at radius 3 is 2.53 bits per heavy atom. The van der Waals surface area contributed by atoms with Crippen molar-refractivity contribution < 1.29 is 13.2 Å². The van der Waals surface area contributed by atoms with Crippen molar-refractivity contribution in [3.05, 3.63) is 0 Å². The molecule has 1 aliphatic rings.